The van der Waals surface area contributed by atoms with Gasteiger partial charge in [0.15, 0.2) is 0 Å². The van der Waals surface area contributed by atoms with E-state index in [2.05, 4.69) is 15.5 Å². The highest BCUT2D eigenvalue weighted by molar-refractivity contribution is 6.38. The van der Waals surface area contributed by atoms with E-state index in [0.29, 0.717) is 40.7 Å². The van der Waals surface area contributed by atoms with Crippen LogP contribution in [0.2, 0.25) is 5.02 Å². The van der Waals surface area contributed by atoms with Gasteiger partial charge in [0.05, 0.1) is 29.2 Å². The van der Waals surface area contributed by atoms with Crippen molar-refractivity contribution in [1.82, 2.24) is 9.80 Å². The highest BCUT2D eigenvalue weighted by Gasteiger charge is 2.29. The third kappa shape index (κ3) is 5.57. The maximum Gasteiger partial charge on any atom is 0.258 e. The second kappa shape index (κ2) is 11.0. The number of amides is 2. The number of halogens is 1. The normalized spacial score (nSPS) is 15.3. The molecule has 0 spiro atoms. The molecule has 0 fully saturated rings. The number of hydrogen-bond acceptors (Lipinski definition) is 6. The molecular weight excluding hydrogens is 514 g/mol. The first-order valence-electron chi connectivity index (χ1n) is 12.8. The quantitative estimate of drug-likeness (QED) is 0.418. The van der Waals surface area contributed by atoms with Gasteiger partial charge < -0.3 is 30.1 Å². The Morgan fingerprint density at radius 3 is 2.51 bits per heavy atom. The molecule has 0 aromatic heterocycles. The molecule has 2 aliphatic rings. The van der Waals surface area contributed by atoms with E-state index in [1.54, 1.807) is 36.2 Å². The number of nitrogens with one attached hydrogen (secondary N) is 2. The molecule has 0 unspecified atom stereocenters. The molecule has 0 saturated heterocycles. The predicted octanol–water partition coefficient (Wildman–Crippen LogP) is 4.73. The average molecular weight is 546 g/mol. The van der Waals surface area contributed by atoms with Crippen molar-refractivity contribution in [3.05, 3.63) is 82.4 Å². The Balaban J connectivity index is 1.51. The summed E-state index contributed by atoms with van der Waals surface area (Å²) in [7, 11) is 7.80. The maximum atomic E-state index is 13.3. The van der Waals surface area contributed by atoms with Crippen LogP contribution in [0.25, 0.3) is 11.3 Å². The molecule has 2 N–H and O–H groups in total. The van der Waals surface area contributed by atoms with E-state index in [1.807, 2.05) is 62.4 Å². The largest absolute Gasteiger partial charge is 0.490 e. The van der Waals surface area contributed by atoms with Crippen LogP contribution in [0.3, 0.4) is 0 Å². The van der Waals surface area contributed by atoms with Crippen molar-refractivity contribution >= 4 is 51.7 Å². The standard InChI is InChI=1S/C30H32ClN5O3/c1-34(2)13-14-36(4)30(38)19-5-9-22(10-6-19)32-28(20-7-12-25-26(17-20)39-16-15-35(25)3)27-23-11-8-21(31)18-24(23)33-29(27)37/h5-12,17-18,32H,13-16H2,1-4H3,(H,33,37)/b28-27-. The summed E-state index contributed by atoms with van der Waals surface area (Å²) in [5.41, 5.74) is 5.72. The summed E-state index contributed by atoms with van der Waals surface area (Å²) >= 11 is 6.20. The number of rotatable bonds is 7. The second-order valence-corrected chi connectivity index (χ2v) is 10.5. The number of nitrogens with zero attached hydrogens (tertiary/aromatic N) is 3. The van der Waals surface area contributed by atoms with Gasteiger partial charge in [-0.1, -0.05) is 23.7 Å². The van der Waals surface area contributed by atoms with Crippen LogP contribution in [0, 0.1) is 0 Å². The van der Waals surface area contributed by atoms with E-state index >= 15 is 0 Å². The van der Waals surface area contributed by atoms with Crippen LogP contribution in [0.5, 0.6) is 5.75 Å². The van der Waals surface area contributed by atoms with Gasteiger partial charge in [-0.15, -0.1) is 0 Å². The van der Waals surface area contributed by atoms with Crippen LogP contribution in [0.4, 0.5) is 17.1 Å². The van der Waals surface area contributed by atoms with Crippen molar-refractivity contribution in [2.75, 3.05) is 70.0 Å². The van der Waals surface area contributed by atoms with Gasteiger partial charge in [0.2, 0.25) is 0 Å². The fourth-order valence-electron chi connectivity index (χ4n) is 4.70. The smallest absolute Gasteiger partial charge is 0.258 e. The van der Waals surface area contributed by atoms with Crippen LogP contribution < -0.4 is 20.3 Å². The molecule has 3 aromatic rings. The molecule has 2 amide bonds. The number of carbonyl (C=O) groups excluding carboxylic acids is 2. The van der Waals surface area contributed by atoms with Crippen LogP contribution in [0.1, 0.15) is 21.5 Å². The summed E-state index contributed by atoms with van der Waals surface area (Å²) in [6, 6.07) is 18.6. The van der Waals surface area contributed by atoms with Crippen molar-refractivity contribution in [1.29, 1.82) is 0 Å². The first-order valence-corrected chi connectivity index (χ1v) is 13.2. The van der Waals surface area contributed by atoms with Crippen molar-refractivity contribution < 1.29 is 14.3 Å². The third-order valence-corrected chi connectivity index (χ3v) is 7.19. The number of likely N-dealkylation sites (N-methyl/N-ethyl adjacent to an activating group) is 3. The van der Waals surface area contributed by atoms with E-state index in [4.69, 9.17) is 16.3 Å². The van der Waals surface area contributed by atoms with Crippen LogP contribution in [-0.4, -0.2) is 76.0 Å². The van der Waals surface area contributed by atoms with E-state index in [-0.39, 0.29) is 11.8 Å². The molecule has 0 radical (unpaired) electrons. The first-order chi connectivity index (χ1) is 18.7. The number of hydrogen-bond donors (Lipinski definition) is 2. The summed E-state index contributed by atoms with van der Waals surface area (Å²) < 4.78 is 5.95. The van der Waals surface area contributed by atoms with Crippen molar-refractivity contribution in [3.63, 3.8) is 0 Å². The number of ether oxygens (including phenoxy) is 1. The Labute approximate surface area is 233 Å². The minimum Gasteiger partial charge on any atom is -0.490 e. The zero-order chi connectivity index (χ0) is 27.7. The Bertz CT molecular complexity index is 1450. The molecular formula is C30H32ClN5O3. The lowest BCUT2D eigenvalue weighted by Gasteiger charge is -2.28. The number of fused-ring (bicyclic) bond motifs is 2. The van der Waals surface area contributed by atoms with Gasteiger partial charge in [0, 0.05) is 54.6 Å². The maximum absolute atomic E-state index is 13.3. The van der Waals surface area contributed by atoms with Crippen LogP contribution in [0.15, 0.2) is 60.7 Å². The Hall–Kier alpha value is -4.01. The van der Waals surface area contributed by atoms with Gasteiger partial charge >= 0.3 is 0 Å². The molecule has 3 aromatic carbocycles. The minimum atomic E-state index is -0.222. The lowest BCUT2D eigenvalue weighted by atomic mass is 9.99. The summed E-state index contributed by atoms with van der Waals surface area (Å²) in [4.78, 5) is 32.1. The number of anilines is 3. The summed E-state index contributed by atoms with van der Waals surface area (Å²) in [5, 5.41) is 6.94. The molecule has 5 rings (SSSR count). The van der Waals surface area contributed by atoms with E-state index in [9.17, 15) is 9.59 Å². The van der Waals surface area contributed by atoms with Gasteiger partial charge in [-0.25, -0.2) is 0 Å². The van der Waals surface area contributed by atoms with Crippen molar-refractivity contribution in [3.8, 4) is 5.75 Å². The van der Waals surface area contributed by atoms with Gasteiger partial charge in [-0.3, -0.25) is 9.59 Å². The fourth-order valence-corrected chi connectivity index (χ4v) is 4.87. The molecule has 8 nitrogen and oxygen atoms in total. The predicted molar refractivity (Wildman–Crippen MR) is 158 cm³/mol. The van der Waals surface area contributed by atoms with Crippen LogP contribution >= 0.6 is 11.6 Å². The molecule has 0 aliphatic carbocycles. The van der Waals surface area contributed by atoms with Crippen molar-refractivity contribution in [2.24, 2.45) is 0 Å². The lowest BCUT2D eigenvalue weighted by molar-refractivity contribution is -0.110. The Morgan fingerprint density at radius 1 is 1.03 bits per heavy atom. The number of benzene rings is 3. The van der Waals surface area contributed by atoms with Gasteiger partial charge in [0.1, 0.15) is 12.4 Å². The van der Waals surface area contributed by atoms with Gasteiger partial charge in [-0.2, -0.15) is 0 Å². The zero-order valence-corrected chi connectivity index (χ0v) is 23.3. The van der Waals surface area contributed by atoms with E-state index in [1.165, 1.54) is 0 Å². The monoisotopic (exact) mass is 545 g/mol. The molecule has 0 bridgehead atoms. The Kier molecular flexibility index (Phi) is 7.50. The SMILES string of the molecule is CN(C)CCN(C)C(=O)c1ccc(N/C(=C2\C(=O)Nc3cc(Cl)ccc32)c2ccc3c(c2)OCCN3C)cc1. The number of carbonyl (C=O) groups is 2. The van der Waals surface area contributed by atoms with E-state index < -0.39 is 0 Å². The average Bonchev–Trinajstić information content (AvgIpc) is 3.24. The molecule has 0 saturated carbocycles. The van der Waals surface area contributed by atoms with Gasteiger partial charge in [0.25, 0.3) is 11.8 Å². The second-order valence-electron chi connectivity index (χ2n) is 10.1. The lowest BCUT2D eigenvalue weighted by Crippen LogP contribution is -2.33. The zero-order valence-electron chi connectivity index (χ0n) is 22.5. The summed E-state index contributed by atoms with van der Waals surface area (Å²) in [6.07, 6.45) is 0. The fraction of sp³-hybridized carbons (Fsp3) is 0.267. The third-order valence-electron chi connectivity index (χ3n) is 6.95. The molecule has 202 valence electrons. The molecule has 2 heterocycles. The minimum absolute atomic E-state index is 0.0427. The van der Waals surface area contributed by atoms with Crippen molar-refractivity contribution in [2.45, 2.75) is 0 Å². The molecule has 0 atom stereocenters. The summed E-state index contributed by atoms with van der Waals surface area (Å²) in [5.74, 6) is 0.497. The first kappa shape index (κ1) is 26.6. The molecule has 2 aliphatic heterocycles. The molecule has 39 heavy (non-hydrogen) atoms. The van der Waals surface area contributed by atoms with Gasteiger partial charge in [-0.05, 0) is 62.6 Å². The van der Waals surface area contributed by atoms with Crippen LogP contribution in [-0.2, 0) is 4.79 Å². The highest BCUT2D eigenvalue weighted by Crippen LogP contribution is 2.41. The highest BCUT2D eigenvalue weighted by atomic mass is 35.5. The summed E-state index contributed by atoms with van der Waals surface area (Å²) in [6.45, 7) is 2.82. The topological polar surface area (TPSA) is 77.1 Å². The van der Waals surface area contributed by atoms with E-state index in [0.717, 1.165) is 41.3 Å². The molecule has 9 heteroatoms. The Morgan fingerprint density at radius 2 is 1.77 bits per heavy atom.